The summed E-state index contributed by atoms with van der Waals surface area (Å²) in [4.78, 5) is 27.1. The van der Waals surface area contributed by atoms with Gasteiger partial charge in [-0.2, -0.15) is 0 Å². The number of allylic oxidation sites excluding steroid dienone is 4. The normalized spacial score (nSPS) is 46.7. The van der Waals surface area contributed by atoms with Crippen LogP contribution < -0.4 is 0 Å². The number of carbonyl (C=O) groups excluding carboxylic acids is 2. The molecule has 0 heterocycles. The third-order valence-electron chi connectivity index (χ3n) is 16.0. The molecule has 4 N–H and O–H groups in total. The van der Waals surface area contributed by atoms with Gasteiger partial charge in [0.2, 0.25) is 0 Å². The summed E-state index contributed by atoms with van der Waals surface area (Å²) in [7, 11) is 0. The molecule has 5 aliphatic rings. The van der Waals surface area contributed by atoms with Gasteiger partial charge in [-0.25, -0.2) is 4.79 Å². The molecule has 4 saturated carbocycles. The number of hydrogen-bond acceptors (Lipinski definition) is 7. The average Bonchev–Trinajstić information content (AvgIpc) is 3.03. The SMILES string of the molecule is CC=C(C)C(=O)C[C@H]1[C@H](OC(=O)C(C)=CC)[C@@]2(CO)C(CC1(C)C)C1=CCC3[C@@]4(C)CC[C@H](O)C(C)(C)C4CC[C@@]3(C)[C@]1(C)[C@@H](O)[C@H]2O. The first-order chi connectivity index (χ1) is 22.2. The van der Waals surface area contributed by atoms with Crippen molar-refractivity contribution in [2.45, 2.75) is 146 Å². The molecule has 7 heteroatoms. The topological polar surface area (TPSA) is 124 Å². The van der Waals surface area contributed by atoms with Crippen molar-refractivity contribution in [3.05, 3.63) is 34.9 Å². The van der Waals surface area contributed by atoms with Gasteiger partial charge in [0.15, 0.2) is 5.78 Å². The Labute approximate surface area is 289 Å². The van der Waals surface area contributed by atoms with Crippen LogP contribution >= 0.6 is 0 Å². The highest BCUT2D eigenvalue weighted by Crippen LogP contribution is 2.76. The molecule has 0 aromatic heterocycles. The van der Waals surface area contributed by atoms with Gasteiger partial charge in [-0.3, -0.25) is 4.79 Å². The van der Waals surface area contributed by atoms with Gasteiger partial charge in [-0.1, -0.05) is 72.3 Å². The number of carbonyl (C=O) groups is 2. The molecule has 48 heavy (non-hydrogen) atoms. The van der Waals surface area contributed by atoms with Gasteiger partial charge in [-0.15, -0.1) is 0 Å². The van der Waals surface area contributed by atoms with E-state index in [1.165, 1.54) is 0 Å². The molecule has 7 nitrogen and oxygen atoms in total. The van der Waals surface area contributed by atoms with Crippen LogP contribution in [0, 0.1) is 56.2 Å². The number of aliphatic hydroxyl groups is 4. The highest BCUT2D eigenvalue weighted by molar-refractivity contribution is 5.95. The van der Waals surface area contributed by atoms with Crippen LogP contribution in [-0.4, -0.2) is 63.2 Å². The fraction of sp³-hybridized carbons (Fsp3) is 0.805. The fourth-order valence-electron chi connectivity index (χ4n) is 12.4. The largest absolute Gasteiger partial charge is 0.458 e. The van der Waals surface area contributed by atoms with Crippen molar-refractivity contribution in [2.24, 2.45) is 56.2 Å². The van der Waals surface area contributed by atoms with Gasteiger partial charge >= 0.3 is 5.97 Å². The Morgan fingerprint density at radius 2 is 1.52 bits per heavy atom. The number of esters is 1. The molecule has 0 saturated heterocycles. The minimum Gasteiger partial charge on any atom is -0.458 e. The van der Waals surface area contributed by atoms with Crippen LogP contribution in [0.5, 0.6) is 0 Å². The molecule has 0 radical (unpaired) electrons. The average molecular weight is 669 g/mol. The lowest BCUT2D eigenvalue weighted by atomic mass is 9.32. The van der Waals surface area contributed by atoms with Gasteiger partial charge in [0, 0.05) is 23.3 Å². The van der Waals surface area contributed by atoms with Crippen molar-refractivity contribution in [3.8, 4) is 0 Å². The first-order valence-corrected chi connectivity index (χ1v) is 18.5. The van der Waals surface area contributed by atoms with Crippen LogP contribution in [-0.2, 0) is 14.3 Å². The molecule has 5 rings (SSSR count). The molecule has 3 unspecified atom stereocenters. The van der Waals surface area contributed by atoms with Crippen LogP contribution in [0.3, 0.4) is 0 Å². The minimum atomic E-state index is -1.40. The second-order valence-electron chi connectivity index (χ2n) is 18.4. The van der Waals surface area contributed by atoms with Crippen molar-refractivity contribution < 1.29 is 34.8 Å². The van der Waals surface area contributed by atoms with E-state index in [0.717, 1.165) is 37.7 Å². The van der Waals surface area contributed by atoms with Gasteiger partial charge < -0.3 is 25.2 Å². The predicted molar refractivity (Wildman–Crippen MR) is 188 cm³/mol. The van der Waals surface area contributed by atoms with E-state index in [0.29, 0.717) is 23.5 Å². The number of Topliss-reactive ketones (excluding diaryl/α,β-unsaturated/α-hetero) is 1. The number of rotatable bonds is 6. The molecule has 12 atom stereocenters. The van der Waals surface area contributed by atoms with E-state index in [1.54, 1.807) is 32.9 Å². The van der Waals surface area contributed by atoms with Gasteiger partial charge in [-0.05, 0) is 111 Å². The number of ketones is 1. The standard InChI is InChI=1S/C41H64O7/c1-12-23(3)28(43)20-26-34(48-35(47)24(4)13-2)41(22-42)27(21-36(26,5)6)25-14-15-30-38(9)18-17-31(44)37(7,8)29(38)16-19-39(30,10)40(25,11)32(45)33(41)46/h12-14,26-27,29-34,42,44-46H,15-22H2,1-11H3/t26-,27?,29?,30?,31-,32-,33+,34-,38-,39+,40-,41-/m0/s1. The maximum atomic E-state index is 13.6. The van der Waals surface area contributed by atoms with E-state index in [-0.39, 0.29) is 46.4 Å². The summed E-state index contributed by atoms with van der Waals surface area (Å²) in [5, 5.41) is 47.9. The minimum absolute atomic E-state index is 0.0546. The Morgan fingerprint density at radius 3 is 2.10 bits per heavy atom. The number of ether oxygens (including phenoxy) is 1. The van der Waals surface area contributed by atoms with Gasteiger partial charge in [0.25, 0.3) is 0 Å². The van der Waals surface area contributed by atoms with E-state index < -0.39 is 53.1 Å². The zero-order valence-electron chi connectivity index (χ0n) is 31.5. The highest BCUT2D eigenvalue weighted by Gasteiger charge is 2.75. The maximum absolute atomic E-state index is 13.6. The summed E-state index contributed by atoms with van der Waals surface area (Å²) in [6.07, 6.45) is 6.72. The van der Waals surface area contributed by atoms with Crippen molar-refractivity contribution >= 4 is 11.8 Å². The second-order valence-corrected chi connectivity index (χ2v) is 18.4. The molecule has 4 fully saturated rings. The molecule has 0 bridgehead atoms. The van der Waals surface area contributed by atoms with Crippen LogP contribution in [0.1, 0.15) is 121 Å². The first-order valence-electron chi connectivity index (χ1n) is 18.5. The van der Waals surface area contributed by atoms with Crippen LogP contribution in [0.15, 0.2) is 34.9 Å². The van der Waals surface area contributed by atoms with Crippen molar-refractivity contribution in [2.75, 3.05) is 6.61 Å². The number of aliphatic hydroxyl groups excluding tert-OH is 4. The Hall–Kier alpha value is -1.80. The Morgan fingerprint density at radius 1 is 0.896 bits per heavy atom. The third kappa shape index (κ3) is 4.87. The molecular formula is C41H64O7. The molecule has 270 valence electrons. The van der Waals surface area contributed by atoms with Crippen molar-refractivity contribution in [3.63, 3.8) is 0 Å². The number of fused-ring (bicyclic) bond motifs is 7. The van der Waals surface area contributed by atoms with E-state index >= 15 is 0 Å². The van der Waals surface area contributed by atoms with E-state index in [2.05, 4.69) is 54.5 Å². The lowest BCUT2D eigenvalue weighted by molar-refractivity contribution is -0.284. The molecule has 0 aliphatic heterocycles. The quantitative estimate of drug-likeness (QED) is 0.141. The highest BCUT2D eigenvalue weighted by atomic mass is 16.5. The van der Waals surface area contributed by atoms with Gasteiger partial charge in [0.1, 0.15) is 6.10 Å². The monoisotopic (exact) mass is 668 g/mol. The van der Waals surface area contributed by atoms with Gasteiger partial charge in [0.05, 0.1) is 30.3 Å². The van der Waals surface area contributed by atoms with Crippen molar-refractivity contribution in [1.82, 2.24) is 0 Å². The van der Waals surface area contributed by atoms with Crippen molar-refractivity contribution in [1.29, 1.82) is 0 Å². The Kier molecular flexibility index (Phi) is 9.49. The summed E-state index contributed by atoms with van der Waals surface area (Å²) >= 11 is 0. The van der Waals surface area contributed by atoms with Crippen LogP contribution in [0.4, 0.5) is 0 Å². The Bertz CT molecular complexity index is 1400. The Balaban J connectivity index is 1.69. The summed E-state index contributed by atoms with van der Waals surface area (Å²) < 4.78 is 6.39. The lowest BCUT2D eigenvalue weighted by Gasteiger charge is -2.73. The summed E-state index contributed by atoms with van der Waals surface area (Å²) in [6, 6.07) is 0. The summed E-state index contributed by atoms with van der Waals surface area (Å²) in [6.45, 7) is 22.1. The maximum Gasteiger partial charge on any atom is 0.333 e. The van der Waals surface area contributed by atoms with E-state index in [4.69, 9.17) is 4.74 Å². The first kappa shape index (κ1) is 37.5. The molecule has 0 spiro atoms. The third-order valence-corrected chi connectivity index (χ3v) is 16.0. The smallest absolute Gasteiger partial charge is 0.333 e. The molecule has 5 aliphatic carbocycles. The summed E-state index contributed by atoms with van der Waals surface area (Å²) in [5.41, 5.74) is -1.27. The zero-order chi connectivity index (χ0) is 36.0. The number of hydrogen-bond donors (Lipinski definition) is 4. The predicted octanol–water partition coefficient (Wildman–Crippen LogP) is 6.72. The molecule has 0 amide bonds. The van der Waals surface area contributed by atoms with Crippen LogP contribution in [0.2, 0.25) is 0 Å². The molecular weight excluding hydrogens is 604 g/mol. The zero-order valence-corrected chi connectivity index (χ0v) is 31.5. The second kappa shape index (κ2) is 12.2. The summed E-state index contributed by atoms with van der Waals surface area (Å²) in [5.74, 6) is -0.921. The van der Waals surface area contributed by atoms with Crippen LogP contribution in [0.25, 0.3) is 0 Å². The lowest BCUT2D eigenvalue weighted by Crippen LogP contribution is -2.75. The van der Waals surface area contributed by atoms with E-state index in [9.17, 15) is 30.0 Å². The molecule has 0 aromatic rings. The molecule has 0 aromatic carbocycles. The fourth-order valence-corrected chi connectivity index (χ4v) is 12.4. The van der Waals surface area contributed by atoms with E-state index in [1.807, 2.05) is 6.92 Å².